The van der Waals surface area contributed by atoms with Gasteiger partial charge in [-0.3, -0.25) is 4.79 Å². The molecular weight excluding hydrogens is 278 g/mol. The predicted molar refractivity (Wildman–Crippen MR) is 76.4 cm³/mol. The topological polar surface area (TPSA) is 47.6 Å². The van der Waals surface area contributed by atoms with Gasteiger partial charge in [-0.2, -0.15) is 0 Å². The van der Waals surface area contributed by atoms with E-state index in [9.17, 15) is 4.79 Å². The summed E-state index contributed by atoms with van der Waals surface area (Å²) in [4.78, 5) is 12.1. The molecule has 3 rings (SSSR count). The van der Waals surface area contributed by atoms with E-state index in [0.29, 0.717) is 22.2 Å². The molecule has 20 heavy (non-hydrogen) atoms. The monoisotopic (exact) mass is 289 g/mol. The van der Waals surface area contributed by atoms with E-state index in [1.807, 2.05) is 30.3 Å². The highest BCUT2D eigenvalue weighted by molar-refractivity contribution is 6.33. The number of para-hydroxylation sites is 2. The van der Waals surface area contributed by atoms with E-state index in [1.165, 1.54) is 0 Å². The SMILES string of the molecule is O=C(Cc1cccc2c1OCO2)Nc1ccccc1Cl. The molecule has 0 unspecified atom stereocenters. The fourth-order valence-corrected chi connectivity index (χ4v) is 2.24. The second-order valence-corrected chi connectivity index (χ2v) is 4.76. The van der Waals surface area contributed by atoms with Crippen LogP contribution in [0.1, 0.15) is 5.56 Å². The fraction of sp³-hybridized carbons (Fsp3) is 0.133. The Morgan fingerprint density at radius 1 is 1.15 bits per heavy atom. The Hall–Kier alpha value is -2.20. The number of anilines is 1. The molecule has 0 aliphatic carbocycles. The molecule has 1 aliphatic heterocycles. The molecule has 0 atom stereocenters. The van der Waals surface area contributed by atoms with Crippen molar-refractivity contribution >= 4 is 23.2 Å². The van der Waals surface area contributed by atoms with E-state index < -0.39 is 0 Å². The zero-order valence-corrected chi connectivity index (χ0v) is 11.3. The van der Waals surface area contributed by atoms with E-state index >= 15 is 0 Å². The lowest BCUT2D eigenvalue weighted by Crippen LogP contribution is -2.15. The van der Waals surface area contributed by atoms with Gasteiger partial charge in [0.1, 0.15) is 0 Å². The van der Waals surface area contributed by atoms with Crippen molar-refractivity contribution in [2.75, 3.05) is 12.1 Å². The Bertz CT molecular complexity index is 657. The molecule has 0 spiro atoms. The Morgan fingerprint density at radius 2 is 2.00 bits per heavy atom. The molecule has 0 radical (unpaired) electrons. The van der Waals surface area contributed by atoms with Crippen LogP contribution in [-0.4, -0.2) is 12.7 Å². The summed E-state index contributed by atoms with van der Waals surface area (Å²) in [5, 5.41) is 3.30. The van der Waals surface area contributed by atoms with Crippen molar-refractivity contribution in [1.82, 2.24) is 0 Å². The average molecular weight is 290 g/mol. The number of hydrogen-bond acceptors (Lipinski definition) is 3. The third kappa shape index (κ3) is 2.56. The molecule has 0 bridgehead atoms. The minimum absolute atomic E-state index is 0.151. The van der Waals surface area contributed by atoms with Gasteiger partial charge in [-0.15, -0.1) is 0 Å². The minimum atomic E-state index is -0.151. The fourth-order valence-electron chi connectivity index (χ4n) is 2.06. The van der Waals surface area contributed by atoms with Crippen LogP contribution in [0.3, 0.4) is 0 Å². The molecule has 2 aromatic rings. The van der Waals surface area contributed by atoms with Crippen LogP contribution in [0, 0.1) is 0 Å². The van der Waals surface area contributed by atoms with Gasteiger partial charge in [0, 0.05) is 5.56 Å². The van der Waals surface area contributed by atoms with Gasteiger partial charge in [-0.1, -0.05) is 35.9 Å². The highest BCUT2D eigenvalue weighted by atomic mass is 35.5. The first-order chi connectivity index (χ1) is 9.74. The van der Waals surface area contributed by atoms with Crippen molar-refractivity contribution in [2.24, 2.45) is 0 Å². The largest absolute Gasteiger partial charge is 0.454 e. The van der Waals surface area contributed by atoms with Crippen LogP contribution in [0.2, 0.25) is 5.02 Å². The maximum absolute atomic E-state index is 12.1. The molecule has 1 N–H and O–H groups in total. The van der Waals surface area contributed by atoms with Gasteiger partial charge in [-0.25, -0.2) is 0 Å². The van der Waals surface area contributed by atoms with Crippen molar-refractivity contribution in [1.29, 1.82) is 0 Å². The number of hydrogen-bond donors (Lipinski definition) is 1. The molecule has 102 valence electrons. The third-order valence-corrected chi connectivity index (χ3v) is 3.31. The lowest BCUT2D eigenvalue weighted by molar-refractivity contribution is -0.115. The van der Waals surface area contributed by atoms with E-state index in [-0.39, 0.29) is 19.1 Å². The van der Waals surface area contributed by atoms with E-state index in [0.717, 1.165) is 5.56 Å². The maximum atomic E-state index is 12.1. The van der Waals surface area contributed by atoms with Crippen LogP contribution < -0.4 is 14.8 Å². The third-order valence-electron chi connectivity index (χ3n) is 2.98. The van der Waals surface area contributed by atoms with Crippen LogP contribution in [0.4, 0.5) is 5.69 Å². The summed E-state index contributed by atoms with van der Waals surface area (Å²) < 4.78 is 10.7. The first kappa shape index (κ1) is 12.8. The molecule has 5 heteroatoms. The van der Waals surface area contributed by atoms with Crippen LogP contribution >= 0.6 is 11.6 Å². The summed E-state index contributed by atoms with van der Waals surface area (Å²) >= 11 is 6.01. The lowest BCUT2D eigenvalue weighted by atomic mass is 10.1. The van der Waals surface area contributed by atoms with Crippen molar-refractivity contribution in [3.05, 3.63) is 53.1 Å². The lowest BCUT2D eigenvalue weighted by Gasteiger charge is -2.08. The summed E-state index contributed by atoms with van der Waals surface area (Å²) in [7, 11) is 0. The van der Waals surface area contributed by atoms with Crippen molar-refractivity contribution in [3.8, 4) is 11.5 Å². The van der Waals surface area contributed by atoms with Crippen LogP contribution in [0.15, 0.2) is 42.5 Å². The summed E-state index contributed by atoms with van der Waals surface area (Å²) in [5.41, 5.74) is 1.40. The molecule has 1 heterocycles. The summed E-state index contributed by atoms with van der Waals surface area (Å²) in [6.45, 7) is 0.193. The van der Waals surface area contributed by atoms with Gasteiger partial charge < -0.3 is 14.8 Å². The number of ether oxygens (including phenoxy) is 2. The van der Waals surface area contributed by atoms with E-state index in [1.54, 1.807) is 12.1 Å². The molecule has 0 aromatic heterocycles. The number of amides is 1. The Balaban J connectivity index is 1.74. The molecular formula is C15H12ClNO3. The molecule has 2 aromatic carbocycles. The average Bonchev–Trinajstić information content (AvgIpc) is 2.91. The maximum Gasteiger partial charge on any atom is 0.231 e. The molecule has 0 saturated heterocycles. The number of rotatable bonds is 3. The highest BCUT2D eigenvalue weighted by Crippen LogP contribution is 2.35. The Labute approximate surface area is 121 Å². The number of nitrogens with one attached hydrogen (secondary N) is 1. The van der Waals surface area contributed by atoms with Gasteiger partial charge in [0.25, 0.3) is 0 Å². The van der Waals surface area contributed by atoms with Gasteiger partial charge >= 0.3 is 0 Å². The smallest absolute Gasteiger partial charge is 0.231 e. The van der Waals surface area contributed by atoms with E-state index in [4.69, 9.17) is 21.1 Å². The zero-order valence-electron chi connectivity index (χ0n) is 10.6. The van der Waals surface area contributed by atoms with Crippen molar-refractivity contribution in [2.45, 2.75) is 6.42 Å². The molecule has 0 saturated carbocycles. The number of carbonyl (C=O) groups is 1. The minimum Gasteiger partial charge on any atom is -0.454 e. The number of benzene rings is 2. The first-order valence-corrected chi connectivity index (χ1v) is 6.54. The molecule has 1 aliphatic rings. The van der Waals surface area contributed by atoms with Crippen molar-refractivity contribution < 1.29 is 14.3 Å². The number of carbonyl (C=O) groups excluding carboxylic acids is 1. The van der Waals surface area contributed by atoms with Crippen LogP contribution in [0.5, 0.6) is 11.5 Å². The standard InChI is InChI=1S/C15H12ClNO3/c16-11-5-1-2-6-12(11)17-14(18)8-10-4-3-7-13-15(10)20-9-19-13/h1-7H,8-9H2,(H,17,18). The Kier molecular flexibility index (Phi) is 3.48. The summed E-state index contributed by atoms with van der Waals surface area (Å²) in [6, 6.07) is 12.6. The first-order valence-electron chi connectivity index (χ1n) is 6.16. The zero-order chi connectivity index (χ0) is 13.9. The van der Waals surface area contributed by atoms with Gasteiger partial charge in [-0.05, 0) is 18.2 Å². The second kappa shape index (κ2) is 5.43. The highest BCUT2D eigenvalue weighted by Gasteiger charge is 2.19. The Morgan fingerprint density at radius 3 is 2.85 bits per heavy atom. The van der Waals surface area contributed by atoms with Crippen molar-refractivity contribution in [3.63, 3.8) is 0 Å². The molecule has 1 amide bonds. The van der Waals surface area contributed by atoms with Crippen LogP contribution in [0.25, 0.3) is 0 Å². The number of halogens is 1. The van der Waals surface area contributed by atoms with E-state index in [2.05, 4.69) is 5.32 Å². The normalized spacial score (nSPS) is 12.2. The van der Waals surface area contributed by atoms with Gasteiger partial charge in [0.2, 0.25) is 12.7 Å². The number of fused-ring (bicyclic) bond motifs is 1. The van der Waals surface area contributed by atoms with Crippen LogP contribution in [-0.2, 0) is 11.2 Å². The quantitative estimate of drug-likeness (QED) is 0.943. The second-order valence-electron chi connectivity index (χ2n) is 4.36. The summed E-state index contributed by atoms with van der Waals surface area (Å²) in [5.74, 6) is 1.16. The summed E-state index contributed by atoms with van der Waals surface area (Å²) in [6.07, 6.45) is 0.206. The molecule has 0 fully saturated rings. The van der Waals surface area contributed by atoms with Gasteiger partial charge in [0.05, 0.1) is 17.1 Å². The molecule has 4 nitrogen and oxygen atoms in total. The predicted octanol–water partition coefficient (Wildman–Crippen LogP) is 3.25. The van der Waals surface area contributed by atoms with Gasteiger partial charge in [0.15, 0.2) is 11.5 Å².